The van der Waals surface area contributed by atoms with Crippen LogP contribution in [-0.2, 0) is 7.05 Å². The fourth-order valence-corrected chi connectivity index (χ4v) is 2.69. The molecule has 88 valence electrons. The smallest absolute Gasteiger partial charge is 0.313 e. The highest BCUT2D eigenvalue weighted by Crippen LogP contribution is 2.17. The highest BCUT2D eigenvalue weighted by molar-refractivity contribution is 7.99. The monoisotopic (exact) mass is 242 g/mol. The van der Waals surface area contributed by atoms with Gasteiger partial charge in [-0.15, -0.1) is 0 Å². The van der Waals surface area contributed by atoms with E-state index in [0.29, 0.717) is 11.2 Å². The van der Waals surface area contributed by atoms with Gasteiger partial charge in [0, 0.05) is 18.8 Å². The van der Waals surface area contributed by atoms with Crippen molar-refractivity contribution in [3.05, 3.63) is 20.7 Å². The van der Waals surface area contributed by atoms with Crippen LogP contribution in [0.1, 0.15) is 12.8 Å². The lowest BCUT2D eigenvalue weighted by Gasteiger charge is -2.10. The first-order chi connectivity index (χ1) is 7.66. The molecule has 0 aromatic carbocycles. The first-order valence-corrected chi connectivity index (χ1v) is 6.19. The van der Waals surface area contributed by atoms with E-state index in [9.17, 15) is 9.59 Å². The van der Waals surface area contributed by atoms with Crippen LogP contribution in [0.15, 0.2) is 14.7 Å². The van der Waals surface area contributed by atoms with Gasteiger partial charge in [0.15, 0.2) is 5.16 Å². The van der Waals surface area contributed by atoms with Crippen LogP contribution in [0.4, 0.5) is 0 Å². The number of H-pyrrole nitrogens is 1. The zero-order valence-corrected chi connectivity index (χ0v) is 9.84. The van der Waals surface area contributed by atoms with Gasteiger partial charge in [0.25, 0.3) is 0 Å². The molecular weight excluding hydrogens is 228 g/mol. The molecule has 2 heterocycles. The van der Waals surface area contributed by atoms with Crippen molar-refractivity contribution in [2.24, 2.45) is 7.05 Å². The summed E-state index contributed by atoms with van der Waals surface area (Å²) < 4.78 is 1.49. The Morgan fingerprint density at radius 1 is 1.56 bits per heavy atom. The van der Waals surface area contributed by atoms with E-state index in [1.165, 1.54) is 22.9 Å². The number of aromatic nitrogens is 3. The maximum atomic E-state index is 11.1. The Balaban J connectivity index is 2.06. The Morgan fingerprint density at radius 2 is 2.38 bits per heavy atom. The van der Waals surface area contributed by atoms with Gasteiger partial charge in [0.1, 0.15) is 0 Å². The second-order valence-electron chi connectivity index (χ2n) is 3.80. The van der Waals surface area contributed by atoms with E-state index in [4.69, 9.17) is 0 Å². The van der Waals surface area contributed by atoms with Crippen molar-refractivity contribution >= 4 is 11.8 Å². The van der Waals surface area contributed by atoms with Crippen LogP contribution in [-0.4, -0.2) is 33.1 Å². The van der Waals surface area contributed by atoms with Crippen LogP contribution in [0, 0.1) is 0 Å². The average Bonchev–Trinajstić information content (AvgIpc) is 2.74. The molecule has 0 radical (unpaired) electrons. The van der Waals surface area contributed by atoms with Crippen molar-refractivity contribution in [2.75, 3.05) is 12.3 Å². The molecule has 1 aromatic heterocycles. The summed E-state index contributed by atoms with van der Waals surface area (Å²) in [5.74, 6) is 0.867. The molecule has 16 heavy (non-hydrogen) atoms. The number of thioether (sulfide) groups is 1. The van der Waals surface area contributed by atoms with E-state index in [-0.39, 0.29) is 0 Å². The number of nitrogens with zero attached hydrogens (tertiary/aromatic N) is 2. The van der Waals surface area contributed by atoms with Crippen LogP contribution in [0.2, 0.25) is 0 Å². The van der Waals surface area contributed by atoms with Crippen LogP contribution in [0.3, 0.4) is 0 Å². The zero-order chi connectivity index (χ0) is 11.5. The van der Waals surface area contributed by atoms with E-state index in [1.54, 1.807) is 7.05 Å². The highest BCUT2D eigenvalue weighted by atomic mass is 32.2. The van der Waals surface area contributed by atoms with Gasteiger partial charge < -0.3 is 5.32 Å². The molecule has 2 N–H and O–H groups in total. The minimum Gasteiger partial charge on any atom is -0.313 e. The highest BCUT2D eigenvalue weighted by Gasteiger charge is 2.15. The van der Waals surface area contributed by atoms with Crippen molar-refractivity contribution in [2.45, 2.75) is 24.0 Å². The lowest BCUT2D eigenvalue weighted by molar-refractivity contribution is 0.593. The molecular formula is C9H14N4O2S. The molecule has 1 fully saturated rings. The molecule has 0 saturated carbocycles. The molecule has 1 saturated heterocycles. The Kier molecular flexibility index (Phi) is 3.45. The maximum absolute atomic E-state index is 11.1. The summed E-state index contributed by atoms with van der Waals surface area (Å²) in [4.78, 5) is 25.8. The number of nitrogens with one attached hydrogen (secondary N) is 2. The zero-order valence-electron chi connectivity index (χ0n) is 9.02. The standard InChI is InChI=1S/C9H14N4O2S/c1-13-9(11-7(14)8(15)12-13)16-5-6-3-2-4-10-6/h6,10H,2-5H2,1H3,(H,12,15)/t6-/m0/s1. The van der Waals surface area contributed by atoms with Gasteiger partial charge in [-0.05, 0) is 19.4 Å². The predicted octanol–water partition coefficient (Wildman–Crippen LogP) is -0.687. The predicted molar refractivity (Wildman–Crippen MR) is 61.8 cm³/mol. The molecule has 1 atom stereocenters. The van der Waals surface area contributed by atoms with Gasteiger partial charge in [-0.1, -0.05) is 11.8 Å². The Hall–Kier alpha value is -1.08. The van der Waals surface area contributed by atoms with Crippen molar-refractivity contribution in [1.29, 1.82) is 0 Å². The van der Waals surface area contributed by atoms with Crippen LogP contribution < -0.4 is 16.4 Å². The lowest BCUT2D eigenvalue weighted by atomic mass is 10.3. The second-order valence-corrected chi connectivity index (χ2v) is 4.79. The Bertz CT molecular complexity index is 475. The van der Waals surface area contributed by atoms with Gasteiger partial charge in [-0.25, -0.2) is 0 Å². The van der Waals surface area contributed by atoms with Crippen molar-refractivity contribution in [1.82, 2.24) is 20.1 Å². The third kappa shape index (κ3) is 2.53. The topological polar surface area (TPSA) is 79.8 Å². The number of rotatable bonds is 3. The van der Waals surface area contributed by atoms with Gasteiger partial charge >= 0.3 is 11.1 Å². The molecule has 0 aliphatic carbocycles. The van der Waals surface area contributed by atoms with Crippen LogP contribution in [0.5, 0.6) is 0 Å². The summed E-state index contributed by atoms with van der Waals surface area (Å²) in [5, 5.41) is 6.35. The summed E-state index contributed by atoms with van der Waals surface area (Å²) in [6.45, 7) is 1.06. The first-order valence-electron chi connectivity index (χ1n) is 5.20. The van der Waals surface area contributed by atoms with Crippen molar-refractivity contribution in [3.8, 4) is 0 Å². The minimum atomic E-state index is -0.722. The molecule has 0 amide bonds. The Morgan fingerprint density at radius 3 is 3.06 bits per heavy atom. The average molecular weight is 242 g/mol. The van der Waals surface area contributed by atoms with E-state index in [2.05, 4.69) is 15.4 Å². The summed E-state index contributed by atoms with van der Waals surface area (Å²) >= 11 is 1.49. The molecule has 0 unspecified atom stereocenters. The van der Waals surface area contributed by atoms with Gasteiger partial charge in [0.05, 0.1) is 0 Å². The second kappa shape index (κ2) is 4.84. The third-order valence-corrected chi connectivity index (χ3v) is 3.72. The molecule has 1 aliphatic rings. The molecule has 2 rings (SSSR count). The maximum Gasteiger partial charge on any atom is 0.339 e. The van der Waals surface area contributed by atoms with E-state index in [1.807, 2.05) is 0 Å². The summed E-state index contributed by atoms with van der Waals surface area (Å²) in [5.41, 5.74) is -1.40. The largest absolute Gasteiger partial charge is 0.339 e. The van der Waals surface area contributed by atoms with Crippen molar-refractivity contribution in [3.63, 3.8) is 0 Å². The first kappa shape index (κ1) is 11.4. The molecule has 6 nitrogen and oxygen atoms in total. The third-order valence-electron chi connectivity index (χ3n) is 2.52. The molecule has 0 spiro atoms. The van der Waals surface area contributed by atoms with E-state index < -0.39 is 11.1 Å². The fraction of sp³-hybridized carbons (Fsp3) is 0.667. The van der Waals surface area contributed by atoms with Gasteiger partial charge in [-0.2, -0.15) is 4.98 Å². The van der Waals surface area contributed by atoms with E-state index >= 15 is 0 Å². The molecule has 0 bridgehead atoms. The summed E-state index contributed by atoms with van der Waals surface area (Å²) in [6, 6.07) is 0.480. The number of hydrogen-bond donors (Lipinski definition) is 2. The molecule has 7 heteroatoms. The van der Waals surface area contributed by atoms with Crippen LogP contribution in [0.25, 0.3) is 0 Å². The fourth-order valence-electron chi connectivity index (χ4n) is 1.66. The SMILES string of the molecule is Cn1[nH]c(=O)c(=O)nc1SC[C@@H]1CCCN1. The molecule has 1 aromatic rings. The molecule has 1 aliphatic heterocycles. The van der Waals surface area contributed by atoms with Crippen LogP contribution >= 0.6 is 11.8 Å². The number of aryl methyl sites for hydroxylation is 1. The van der Waals surface area contributed by atoms with E-state index in [0.717, 1.165) is 18.7 Å². The van der Waals surface area contributed by atoms with Crippen molar-refractivity contribution < 1.29 is 0 Å². The van der Waals surface area contributed by atoms with Gasteiger partial charge in [-0.3, -0.25) is 19.4 Å². The Labute approximate surface area is 96.4 Å². The number of aromatic amines is 1. The van der Waals surface area contributed by atoms with Gasteiger partial charge in [0.2, 0.25) is 0 Å². The number of hydrogen-bond acceptors (Lipinski definition) is 5. The lowest BCUT2D eigenvalue weighted by Crippen LogP contribution is -2.34. The summed E-state index contributed by atoms with van der Waals surface area (Å²) in [6.07, 6.45) is 2.35. The normalized spacial score (nSPS) is 20.2. The summed E-state index contributed by atoms with van der Waals surface area (Å²) in [7, 11) is 1.68. The minimum absolute atomic E-state index is 0.480. The quantitative estimate of drug-likeness (QED) is 0.542.